The molecular formula is C16H25N5. The van der Waals surface area contributed by atoms with Crippen LogP contribution in [0.4, 0.5) is 0 Å². The van der Waals surface area contributed by atoms with Gasteiger partial charge < -0.3 is 10.2 Å². The van der Waals surface area contributed by atoms with Crippen molar-refractivity contribution >= 4 is 5.65 Å². The Kier molecular flexibility index (Phi) is 3.95. The van der Waals surface area contributed by atoms with E-state index in [9.17, 15) is 0 Å². The lowest BCUT2D eigenvalue weighted by Crippen LogP contribution is -2.32. The van der Waals surface area contributed by atoms with Crippen molar-refractivity contribution < 1.29 is 0 Å². The van der Waals surface area contributed by atoms with Crippen LogP contribution in [0.1, 0.15) is 42.8 Å². The molecule has 0 bridgehead atoms. The highest BCUT2D eigenvalue weighted by molar-refractivity contribution is 5.42. The predicted molar refractivity (Wildman–Crippen MR) is 84.5 cm³/mol. The minimum Gasteiger partial charge on any atom is -0.309 e. The van der Waals surface area contributed by atoms with E-state index in [-0.39, 0.29) is 0 Å². The van der Waals surface area contributed by atoms with Crippen molar-refractivity contribution in [2.45, 2.75) is 45.7 Å². The van der Waals surface area contributed by atoms with E-state index in [1.54, 1.807) is 0 Å². The lowest BCUT2D eigenvalue weighted by Gasteiger charge is -2.20. The smallest absolute Gasteiger partial charge is 0.155 e. The number of hydrogen-bond acceptors (Lipinski definition) is 4. The van der Waals surface area contributed by atoms with Gasteiger partial charge in [-0.3, -0.25) is 0 Å². The Morgan fingerprint density at radius 2 is 2.19 bits per heavy atom. The van der Waals surface area contributed by atoms with Gasteiger partial charge in [0.2, 0.25) is 0 Å². The van der Waals surface area contributed by atoms with Crippen LogP contribution in [0, 0.1) is 13.8 Å². The van der Waals surface area contributed by atoms with Gasteiger partial charge in [-0.25, -0.2) is 9.50 Å². The largest absolute Gasteiger partial charge is 0.309 e. The Morgan fingerprint density at radius 3 is 2.90 bits per heavy atom. The van der Waals surface area contributed by atoms with Crippen molar-refractivity contribution in [3.63, 3.8) is 0 Å². The van der Waals surface area contributed by atoms with Crippen LogP contribution >= 0.6 is 0 Å². The Labute approximate surface area is 126 Å². The number of nitrogens with one attached hydrogen (secondary N) is 1. The molecule has 3 rings (SSSR count). The molecule has 1 aliphatic rings. The third kappa shape index (κ3) is 3.09. The van der Waals surface area contributed by atoms with Gasteiger partial charge in [0.15, 0.2) is 5.65 Å². The average molecular weight is 287 g/mol. The normalized spacial score (nSPS) is 16.8. The van der Waals surface area contributed by atoms with Crippen LogP contribution in [-0.4, -0.2) is 45.7 Å². The number of likely N-dealkylation sites (N-methyl/N-ethyl adjacent to an activating group) is 1. The first-order valence-electron chi connectivity index (χ1n) is 7.82. The topological polar surface area (TPSA) is 45.5 Å². The minimum atomic E-state index is 0.291. The first-order chi connectivity index (χ1) is 10.1. The Morgan fingerprint density at radius 1 is 1.43 bits per heavy atom. The Balaban J connectivity index is 1.65. The van der Waals surface area contributed by atoms with Gasteiger partial charge in [-0.15, -0.1) is 0 Å². The average Bonchev–Trinajstić information content (AvgIpc) is 3.21. The second kappa shape index (κ2) is 5.73. The van der Waals surface area contributed by atoms with Gasteiger partial charge >= 0.3 is 0 Å². The van der Waals surface area contributed by atoms with Crippen LogP contribution < -0.4 is 5.32 Å². The van der Waals surface area contributed by atoms with E-state index < -0.39 is 0 Å². The summed E-state index contributed by atoms with van der Waals surface area (Å²) < 4.78 is 1.94. The van der Waals surface area contributed by atoms with E-state index in [0.29, 0.717) is 6.04 Å². The van der Waals surface area contributed by atoms with E-state index in [2.05, 4.69) is 41.2 Å². The zero-order chi connectivity index (χ0) is 15.0. The van der Waals surface area contributed by atoms with Crippen molar-refractivity contribution in [1.29, 1.82) is 0 Å². The Bertz CT molecular complexity index is 629. The van der Waals surface area contributed by atoms with Crippen molar-refractivity contribution in [3.8, 4) is 0 Å². The maximum Gasteiger partial charge on any atom is 0.155 e. The monoisotopic (exact) mass is 287 g/mol. The standard InChI is InChI=1S/C16H25N5/c1-11-9-16-18-10-15(13(3)21(16)19-11)12(2)17-7-8-20(4)14-5-6-14/h9-10,12,14,17H,5-8H2,1-4H3. The molecule has 0 aliphatic heterocycles. The molecule has 21 heavy (non-hydrogen) atoms. The first-order valence-corrected chi connectivity index (χ1v) is 7.82. The molecule has 0 radical (unpaired) electrons. The van der Waals surface area contributed by atoms with Gasteiger partial charge in [0, 0.05) is 48.7 Å². The van der Waals surface area contributed by atoms with Crippen molar-refractivity contribution in [3.05, 3.63) is 29.2 Å². The fourth-order valence-corrected chi connectivity index (χ4v) is 2.87. The summed E-state index contributed by atoms with van der Waals surface area (Å²) in [4.78, 5) is 6.96. The number of rotatable bonds is 6. The molecular weight excluding hydrogens is 262 g/mol. The molecule has 1 N–H and O–H groups in total. The summed E-state index contributed by atoms with van der Waals surface area (Å²) in [5.41, 5.74) is 4.33. The molecule has 1 unspecified atom stereocenters. The molecule has 1 fully saturated rings. The summed E-state index contributed by atoms with van der Waals surface area (Å²) in [7, 11) is 2.22. The lowest BCUT2D eigenvalue weighted by molar-refractivity contribution is 0.316. The van der Waals surface area contributed by atoms with Gasteiger partial charge in [-0.2, -0.15) is 5.10 Å². The van der Waals surface area contributed by atoms with Crippen LogP contribution in [0.3, 0.4) is 0 Å². The van der Waals surface area contributed by atoms with Crippen molar-refractivity contribution in [1.82, 2.24) is 24.8 Å². The molecule has 114 valence electrons. The Hall–Kier alpha value is -1.46. The molecule has 0 spiro atoms. The summed E-state index contributed by atoms with van der Waals surface area (Å²) >= 11 is 0. The molecule has 2 aromatic rings. The minimum absolute atomic E-state index is 0.291. The van der Waals surface area contributed by atoms with Gasteiger partial charge in [-0.05, 0) is 40.7 Å². The van der Waals surface area contributed by atoms with Crippen molar-refractivity contribution in [2.75, 3.05) is 20.1 Å². The molecule has 2 heterocycles. The fourth-order valence-electron chi connectivity index (χ4n) is 2.87. The summed E-state index contributed by atoms with van der Waals surface area (Å²) in [6, 6.07) is 3.13. The van der Waals surface area contributed by atoms with E-state index in [0.717, 1.165) is 30.5 Å². The van der Waals surface area contributed by atoms with Crippen LogP contribution in [-0.2, 0) is 0 Å². The van der Waals surface area contributed by atoms with E-state index in [1.165, 1.54) is 24.1 Å². The first kappa shape index (κ1) is 14.5. The van der Waals surface area contributed by atoms with Crippen LogP contribution in [0.15, 0.2) is 12.3 Å². The molecule has 0 saturated heterocycles. The zero-order valence-electron chi connectivity index (χ0n) is 13.4. The lowest BCUT2D eigenvalue weighted by atomic mass is 10.1. The molecule has 1 saturated carbocycles. The maximum absolute atomic E-state index is 4.52. The quantitative estimate of drug-likeness (QED) is 0.883. The number of aromatic nitrogens is 3. The van der Waals surface area contributed by atoms with Gasteiger partial charge in [0.1, 0.15) is 0 Å². The van der Waals surface area contributed by atoms with Crippen LogP contribution in [0.25, 0.3) is 5.65 Å². The summed E-state index contributed by atoms with van der Waals surface area (Å²) in [6.45, 7) is 8.42. The van der Waals surface area contributed by atoms with Gasteiger partial charge in [0.05, 0.1) is 5.69 Å². The second-order valence-corrected chi connectivity index (χ2v) is 6.24. The number of hydrogen-bond donors (Lipinski definition) is 1. The molecule has 1 aliphatic carbocycles. The second-order valence-electron chi connectivity index (χ2n) is 6.24. The van der Waals surface area contributed by atoms with Crippen LogP contribution in [0.2, 0.25) is 0 Å². The molecule has 0 amide bonds. The fraction of sp³-hybridized carbons (Fsp3) is 0.625. The molecule has 5 heteroatoms. The van der Waals surface area contributed by atoms with E-state index in [4.69, 9.17) is 0 Å². The van der Waals surface area contributed by atoms with Gasteiger partial charge in [-0.1, -0.05) is 0 Å². The van der Waals surface area contributed by atoms with Crippen molar-refractivity contribution in [2.24, 2.45) is 0 Å². The van der Waals surface area contributed by atoms with E-state index >= 15 is 0 Å². The SMILES string of the molecule is Cc1cc2ncc(C(C)NCCN(C)C3CC3)c(C)n2n1. The molecule has 5 nitrogen and oxygen atoms in total. The highest BCUT2D eigenvalue weighted by Crippen LogP contribution is 2.24. The number of aryl methyl sites for hydroxylation is 2. The summed E-state index contributed by atoms with van der Waals surface area (Å²) in [5, 5.41) is 8.12. The summed E-state index contributed by atoms with van der Waals surface area (Å²) in [6.07, 6.45) is 4.71. The molecule has 0 aromatic carbocycles. The molecule has 2 aromatic heterocycles. The number of fused-ring (bicyclic) bond motifs is 1. The third-order valence-corrected chi connectivity index (χ3v) is 4.44. The maximum atomic E-state index is 4.52. The summed E-state index contributed by atoms with van der Waals surface area (Å²) in [5.74, 6) is 0. The third-order valence-electron chi connectivity index (χ3n) is 4.44. The van der Waals surface area contributed by atoms with Gasteiger partial charge in [0.25, 0.3) is 0 Å². The zero-order valence-corrected chi connectivity index (χ0v) is 13.4. The van der Waals surface area contributed by atoms with E-state index in [1.807, 2.05) is 23.7 Å². The van der Waals surface area contributed by atoms with Crippen LogP contribution in [0.5, 0.6) is 0 Å². The highest BCUT2D eigenvalue weighted by atomic mass is 15.3. The predicted octanol–water partition coefficient (Wildman–Crippen LogP) is 2.09. The molecule has 1 atom stereocenters. The number of nitrogens with zero attached hydrogens (tertiary/aromatic N) is 4. The highest BCUT2D eigenvalue weighted by Gasteiger charge is 2.25.